The average molecular weight is 415 g/mol. The lowest BCUT2D eigenvalue weighted by atomic mass is 10.1. The van der Waals surface area contributed by atoms with Crippen molar-refractivity contribution in [3.63, 3.8) is 0 Å². The van der Waals surface area contributed by atoms with Crippen LogP contribution in [0.25, 0.3) is 0 Å². The van der Waals surface area contributed by atoms with Crippen LogP contribution in [-0.4, -0.2) is 48.8 Å². The standard InChI is InChI=1S/C22H30N4O4/c1-5-12-29-22-20(28-4)21(23-14-24-22)26-11-10-19(13-26)30-18-8-6-17(7-9-18)15(2)25-16(3)27/h6-9,14-15,19H,5,10-13H2,1-4H3,(H,25,27)/t15-,19+/m0/s1. The van der Waals surface area contributed by atoms with Crippen LogP contribution in [0.4, 0.5) is 5.82 Å². The zero-order valence-electron chi connectivity index (χ0n) is 18.1. The van der Waals surface area contributed by atoms with Crippen molar-refractivity contribution in [1.82, 2.24) is 15.3 Å². The maximum atomic E-state index is 11.2. The van der Waals surface area contributed by atoms with Gasteiger partial charge in [-0.1, -0.05) is 19.1 Å². The lowest BCUT2D eigenvalue weighted by molar-refractivity contribution is -0.119. The Labute approximate surface area is 177 Å². The van der Waals surface area contributed by atoms with Crippen LogP contribution in [0.5, 0.6) is 17.4 Å². The highest BCUT2D eigenvalue weighted by atomic mass is 16.5. The summed E-state index contributed by atoms with van der Waals surface area (Å²) in [4.78, 5) is 22.0. The molecule has 0 aliphatic carbocycles. The molecule has 2 aromatic rings. The van der Waals surface area contributed by atoms with Crippen LogP contribution in [0, 0.1) is 0 Å². The summed E-state index contributed by atoms with van der Waals surface area (Å²) in [7, 11) is 1.61. The van der Waals surface area contributed by atoms with Crippen molar-refractivity contribution < 1.29 is 19.0 Å². The third-order valence-corrected chi connectivity index (χ3v) is 4.95. The number of nitrogens with zero attached hydrogens (tertiary/aromatic N) is 3. The van der Waals surface area contributed by atoms with E-state index in [1.807, 2.05) is 38.1 Å². The summed E-state index contributed by atoms with van der Waals surface area (Å²) in [5, 5.41) is 2.88. The third kappa shape index (κ3) is 5.31. The first-order valence-electron chi connectivity index (χ1n) is 10.3. The smallest absolute Gasteiger partial charge is 0.262 e. The molecule has 1 aliphatic rings. The molecular weight excluding hydrogens is 384 g/mol. The van der Waals surface area contributed by atoms with Crippen molar-refractivity contribution in [3.05, 3.63) is 36.2 Å². The van der Waals surface area contributed by atoms with Crippen molar-refractivity contribution in [1.29, 1.82) is 0 Å². The summed E-state index contributed by atoms with van der Waals surface area (Å²) in [5.74, 6) is 2.52. The van der Waals surface area contributed by atoms with Crippen LogP contribution in [0.1, 0.15) is 45.2 Å². The molecule has 30 heavy (non-hydrogen) atoms. The number of methoxy groups -OCH3 is 1. The summed E-state index contributed by atoms with van der Waals surface area (Å²) < 4.78 is 17.4. The number of anilines is 1. The molecule has 0 spiro atoms. The Balaban J connectivity index is 1.63. The lowest BCUT2D eigenvalue weighted by Gasteiger charge is -2.21. The molecule has 1 aromatic carbocycles. The average Bonchev–Trinajstić information content (AvgIpc) is 3.20. The van der Waals surface area contributed by atoms with E-state index in [-0.39, 0.29) is 18.1 Å². The molecule has 0 saturated carbocycles. The molecule has 3 rings (SSSR count). The third-order valence-electron chi connectivity index (χ3n) is 4.95. The van der Waals surface area contributed by atoms with Gasteiger partial charge < -0.3 is 24.4 Å². The molecule has 1 fully saturated rings. The molecule has 0 bridgehead atoms. The number of aromatic nitrogens is 2. The molecule has 1 aliphatic heterocycles. The molecular formula is C22H30N4O4. The minimum Gasteiger partial charge on any atom is -0.489 e. The molecule has 8 nitrogen and oxygen atoms in total. The van der Waals surface area contributed by atoms with Gasteiger partial charge in [-0.05, 0) is 31.0 Å². The molecule has 2 heterocycles. The maximum absolute atomic E-state index is 11.2. The highest BCUT2D eigenvalue weighted by Crippen LogP contribution is 2.35. The zero-order valence-corrected chi connectivity index (χ0v) is 18.1. The Morgan fingerprint density at radius 3 is 2.73 bits per heavy atom. The van der Waals surface area contributed by atoms with E-state index in [1.165, 1.54) is 13.3 Å². The number of benzene rings is 1. The molecule has 1 N–H and O–H groups in total. The van der Waals surface area contributed by atoms with Crippen LogP contribution in [0.15, 0.2) is 30.6 Å². The van der Waals surface area contributed by atoms with Crippen LogP contribution in [-0.2, 0) is 4.79 Å². The summed E-state index contributed by atoms with van der Waals surface area (Å²) in [6.45, 7) is 7.61. The van der Waals surface area contributed by atoms with E-state index < -0.39 is 0 Å². The largest absolute Gasteiger partial charge is 0.489 e. The molecule has 1 amide bonds. The summed E-state index contributed by atoms with van der Waals surface area (Å²) in [5.41, 5.74) is 1.04. The maximum Gasteiger partial charge on any atom is 0.262 e. The number of carbonyl (C=O) groups is 1. The van der Waals surface area contributed by atoms with E-state index in [4.69, 9.17) is 14.2 Å². The first kappa shape index (κ1) is 21.7. The predicted molar refractivity (Wildman–Crippen MR) is 114 cm³/mol. The Bertz CT molecular complexity index is 844. The first-order chi connectivity index (χ1) is 14.5. The van der Waals surface area contributed by atoms with Gasteiger partial charge in [-0.3, -0.25) is 4.79 Å². The Morgan fingerprint density at radius 2 is 2.07 bits per heavy atom. The number of ether oxygens (including phenoxy) is 3. The number of carbonyl (C=O) groups excluding carboxylic acids is 1. The molecule has 0 radical (unpaired) electrons. The van der Waals surface area contributed by atoms with Gasteiger partial charge in [-0.15, -0.1) is 0 Å². The number of amides is 1. The second-order valence-electron chi connectivity index (χ2n) is 7.35. The van der Waals surface area contributed by atoms with E-state index >= 15 is 0 Å². The number of hydrogen-bond acceptors (Lipinski definition) is 7. The normalized spacial score (nSPS) is 16.8. The van der Waals surface area contributed by atoms with Crippen molar-refractivity contribution in [2.45, 2.75) is 45.8 Å². The highest BCUT2D eigenvalue weighted by Gasteiger charge is 2.29. The van der Waals surface area contributed by atoms with Crippen molar-refractivity contribution in [2.24, 2.45) is 0 Å². The van der Waals surface area contributed by atoms with E-state index in [2.05, 4.69) is 20.2 Å². The van der Waals surface area contributed by atoms with Gasteiger partial charge in [0, 0.05) is 19.9 Å². The van der Waals surface area contributed by atoms with Crippen molar-refractivity contribution >= 4 is 11.7 Å². The van der Waals surface area contributed by atoms with Crippen molar-refractivity contribution in [2.75, 3.05) is 31.7 Å². The van der Waals surface area contributed by atoms with Crippen LogP contribution < -0.4 is 24.4 Å². The highest BCUT2D eigenvalue weighted by molar-refractivity contribution is 5.73. The fraction of sp³-hybridized carbons (Fsp3) is 0.500. The fourth-order valence-corrected chi connectivity index (χ4v) is 3.49. The van der Waals surface area contributed by atoms with Gasteiger partial charge in [0.25, 0.3) is 5.88 Å². The van der Waals surface area contributed by atoms with E-state index in [0.29, 0.717) is 24.8 Å². The van der Waals surface area contributed by atoms with Crippen LogP contribution in [0.2, 0.25) is 0 Å². The summed E-state index contributed by atoms with van der Waals surface area (Å²) >= 11 is 0. The van der Waals surface area contributed by atoms with Gasteiger partial charge in [0.05, 0.1) is 26.3 Å². The molecule has 2 atom stereocenters. The van der Waals surface area contributed by atoms with Gasteiger partial charge in [0.2, 0.25) is 11.7 Å². The topological polar surface area (TPSA) is 85.8 Å². The monoisotopic (exact) mass is 414 g/mol. The van der Waals surface area contributed by atoms with E-state index in [0.717, 1.165) is 36.5 Å². The minimum absolute atomic E-state index is 0.0344. The van der Waals surface area contributed by atoms with Crippen LogP contribution in [0.3, 0.4) is 0 Å². The first-order valence-corrected chi connectivity index (χ1v) is 10.3. The van der Waals surface area contributed by atoms with Gasteiger partial charge in [-0.2, -0.15) is 4.98 Å². The van der Waals surface area contributed by atoms with Gasteiger partial charge >= 0.3 is 0 Å². The second-order valence-corrected chi connectivity index (χ2v) is 7.35. The Hall–Kier alpha value is -3.03. The van der Waals surface area contributed by atoms with Crippen molar-refractivity contribution in [3.8, 4) is 17.4 Å². The van der Waals surface area contributed by atoms with Gasteiger partial charge in [0.15, 0.2) is 5.82 Å². The lowest BCUT2D eigenvalue weighted by Crippen LogP contribution is -2.26. The second kappa shape index (κ2) is 10.1. The summed E-state index contributed by atoms with van der Waals surface area (Å²) in [6, 6.07) is 7.81. The van der Waals surface area contributed by atoms with Gasteiger partial charge in [-0.25, -0.2) is 4.98 Å². The SMILES string of the molecule is CCCOc1ncnc(N2CC[C@@H](Oc3ccc([C@H](C)NC(C)=O)cc3)C2)c1OC. The van der Waals surface area contributed by atoms with E-state index in [1.54, 1.807) is 7.11 Å². The summed E-state index contributed by atoms with van der Waals surface area (Å²) in [6.07, 6.45) is 3.32. The van der Waals surface area contributed by atoms with Gasteiger partial charge in [0.1, 0.15) is 18.2 Å². The van der Waals surface area contributed by atoms with E-state index in [9.17, 15) is 4.79 Å². The Kier molecular flexibility index (Phi) is 7.32. The zero-order chi connectivity index (χ0) is 21.5. The molecule has 162 valence electrons. The number of hydrogen-bond donors (Lipinski definition) is 1. The molecule has 8 heteroatoms. The quantitative estimate of drug-likeness (QED) is 0.675. The Morgan fingerprint density at radius 1 is 1.30 bits per heavy atom. The molecule has 1 saturated heterocycles. The number of nitrogens with one attached hydrogen (secondary N) is 1. The number of rotatable bonds is 9. The van der Waals surface area contributed by atoms with Crippen LogP contribution >= 0.6 is 0 Å². The minimum atomic E-state index is -0.0442. The molecule has 1 aromatic heterocycles. The predicted octanol–water partition coefficient (Wildman–Crippen LogP) is 3.13. The fourth-order valence-electron chi connectivity index (χ4n) is 3.49. The molecule has 0 unspecified atom stereocenters.